The van der Waals surface area contributed by atoms with Gasteiger partial charge in [0.1, 0.15) is 0 Å². The second-order valence-electron chi connectivity index (χ2n) is 8.66. The summed E-state index contributed by atoms with van der Waals surface area (Å²) < 4.78 is 5.63. The second-order valence-corrected chi connectivity index (χ2v) is 9.71. The van der Waals surface area contributed by atoms with Gasteiger partial charge < -0.3 is 14.6 Å². The molecule has 33 heavy (non-hydrogen) atoms. The lowest BCUT2D eigenvalue weighted by molar-refractivity contribution is -0.125. The highest BCUT2D eigenvalue weighted by atomic mass is 35.5. The molecule has 1 unspecified atom stereocenters. The molecule has 1 aromatic carbocycles. The zero-order chi connectivity index (χ0) is 22.8. The maximum absolute atomic E-state index is 13.2. The predicted molar refractivity (Wildman–Crippen MR) is 133 cm³/mol. The summed E-state index contributed by atoms with van der Waals surface area (Å²) in [6.45, 7) is 0.869. The van der Waals surface area contributed by atoms with Crippen LogP contribution in [-0.2, 0) is 11.2 Å². The van der Waals surface area contributed by atoms with Gasteiger partial charge in [-0.2, -0.15) is 0 Å². The number of hydrogen-bond donors (Lipinski definition) is 1. The Kier molecular flexibility index (Phi) is 11.9. The maximum Gasteiger partial charge on any atom is 0.286 e. The van der Waals surface area contributed by atoms with Crippen LogP contribution in [0, 0.1) is 5.92 Å². The minimum atomic E-state index is -0.675. The van der Waals surface area contributed by atoms with Crippen LogP contribution in [0.1, 0.15) is 61.2 Å². The van der Waals surface area contributed by atoms with Crippen LogP contribution in [-0.4, -0.2) is 59.2 Å². The van der Waals surface area contributed by atoms with Gasteiger partial charge in [-0.1, -0.05) is 67.8 Å². The molecule has 0 radical (unpaired) electrons. The summed E-state index contributed by atoms with van der Waals surface area (Å²) in [6.07, 6.45) is 7.44. The number of aromatic nitrogens is 2. The lowest BCUT2D eigenvalue weighted by atomic mass is 9.97. The van der Waals surface area contributed by atoms with Crippen LogP contribution in [0.2, 0.25) is 0 Å². The normalized spacial score (nSPS) is 15.5. The average molecular weight is 495 g/mol. The first-order valence-electron chi connectivity index (χ1n) is 11.5. The number of halogens is 1. The standard InChI is InChI=1S/C24H34N4O3S.ClH/c1-28(2)16-17-32-24-27-26-23(31-24)21(29)20(15-14-18-10-6-5-7-11-18)25-22(30)19-12-8-3-4-9-13-19;/h5-7,10-11,19-20H,3-4,8-9,12-17H2,1-2H3,(H,25,30);1H. The first-order valence-corrected chi connectivity index (χ1v) is 12.5. The van der Waals surface area contributed by atoms with E-state index in [0.29, 0.717) is 18.1 Å². The van der Waals surface area contributed by atoms with Crippen LogP contribution in [0.4, 0.5) is 0 Å². The van der Waals surface area contributed by atoms with E-state index < -0.39 is 6.04 Å². The number of amides is 1. The van der Waals surface area contributed by atoms with Gasteiger partial charge in [0.2, 0.25) is 11.7 Å². The number of Topliss-reactive ketones (excluding diaryl/α,β-unsaturated/α-hetero) is 1. The average Bonchev–Trinajstić information content (AvgIpc) is 3.09. The van der Waals surface area contributed by atoms with Crippen LogP contribution < -0.4 is 5.32 Å². The molecule has 1 heterocycles. The molecule has 1 aliphatic carbocycles. The molecule has 0 saturated heterocycles. The van der Waals surface area contributed by atoms with Crippen molar-refractivity contribution < 1.29 is 14.0 Å². The van der Waals surface area contributed by atoms with Crippen LogP contribution >= 0.6 is 24.2 Å². The van der Waals surface area contributed by atoms with E-state index in [0.717, 1.165) is 43.5 Å². The quantitative estimate of drug-likeness (QED) is 0.281. The Hall–Kier alpha value is -1.90. The number of ketones is 1. The molecule has 1 fully saturated rings. The van der Waals surface area contributed by atoms with E-state index in [1.54, 1.807) is 0 Å². The van der Waals surface area contributed by atoms with E-state index in [1.807, 2.05) is 44.4 Å². The molecule has 3 rings (SSSR count). The number of hydrogen-bond acceptors (Lipinski definition) is 7. The maximum atomic E-state index is 13.2. The number of rotatable bonds is 11. The monoisotopic (exact) mass is 494 g/mol. The zero-order valence-corrected chi connectivity index (χ0v) is 21.1. The topological polar surface area (TPSA) is 88.3 Å². The summed E-state index contributed by atoms with van der Waals surface area (Å²) in [5, 5.41) is 11.4. The van der Waals surface area contributed by atoms with E-state index in [1.165, 1.54) is 24.6 Å². The lowest BCUT2D eigenvalue weighted by Crippen LogP contribution is -2.44. The van der Waals surface area contributed by atoms with Crippen molar-refractivity contribution in [2.24, 2.45) is 5.92 Å². The highest BCUT2D eigenvalue weighted by Gasteiger charge is 2.29. The summed E-state index contributed by atoms with van der Waals surface area (Å²) in [6, 6.07) is 9.30. The molecule has 1 amide bonds. The summed E-state index contributed by atoms with van der Waals surface area (Å²) >= 11 is 1.43. The molecule has 2 aromatic rings. The second kappa shape index (κ2) is 14.4. The van der Waals surface area contributed by atoms with Crippen molar-refractivity contribution in [3.8, 4) is 0 Å². The number of aryl methyl sites for hydroxylation is 1. The Morgan fingerprint density at radius 2 is 1.82 bits per heavy atom. The number of carbonyl (C=O) groups excluding carboxylic acids is 2. The van der Waals surface area contributed by atoms with Crippen molar-refractivity contribution in [2.45, 2.75) is 62.6 Å². The van der Waals surface area contributed by atoms with Gasteiger partial charge in [-0.15, -0.1) is 22.6 Å². The van der Waals surface area contributed by atoms with Crippen LogP contribution in [0.15, 0.2) is 40.0 Å². The van der Waals surface area contributed by atoms with E-state index >= 15 is 0 Å². The third-order valence-corrected chi connectivity index (χ3v) is 6.60. The van der Waals surface area contributed by atoms with Crippen molar-refractivity contribution in [1.82, 2.24) is 20.4 Å². The van der Waals surface area contributed by atoms with E-state index in [-0.39, 0.29) is 35.9 Å². The number of benzene rings is 1. The van der Waals surface area contributed by atoms with Gasteiger partial charge in [0.25, 0.3) is 11.1 Å². The van der Waals surface area contributed by atoms with E-state index in [2.05, 4.69) is 20.4 Å². The van der Waals surface area contributed by atoms with Crippen molar-refractivity contribution in [1.29, 1.82) is 0 Å². The van der Waals surface area contributed by atoms with Gasteiger partial charge in [0.05, 0.1) is 6.04 Å². The van der Waals surface area contributed by atoms with Gasteiger partial charge in [-0.05, 0) is 45.3 Å². The smallest absolute Gasteiger partial charge is 0.286 e. The summed E-state index contributed by atoms with van der Waals surface area (Å²) in [4.78, 5) is 28.3. The third-order valence-electron chi connectivity index (χ3n) is 5.80. The Morgan fingerprint density at radius 1 is 1.12 bits per heavy atom. The van der Waals surface area contributed by atoms with E-state index in [9.17, 15) is 9.59 Å². The minimum absolute atomic E-state index is 0. The Labute approximate surface area is 206 Å². The molecular weight excluding hydrogens is 460 g/mol. The fraction of sp³-hybridized carbons (Fsp3) is 0.583. The first kappa shape index (κ1) is 27.3. The third kappa shape index (κ3) is 9.10. The molecule has 7 nitrogen and oxygen atoms in total. The summed E-state index contributed by atoms with van der Waals surface area (Å²) in [7, 11) is 4.00. The van der Waals surface area contributed by atoms with Gasteiger partial charge in [0.15, 0.2) is 0 Å². The molecule has 1 saturated carbocycles. The predicted octanol–water partition coefficient (Wildman–Crippen LogP) is 4.42. The lowest BCUT2D eigenvalue weighted by Gasteiger charge is -2.20. The fourth-order valence-electron chi connectivity index (χ4n) is 3.89. The van der Waals surface area contributed by atoms with Crippen molar-refractivity contribution >= 4 is 35.9 Å². The molecular formula is C24H35ClN4O3S. The molecule has 1 aromatic heterocycles. The number of thioether (sulfide) groups is 1. The van der Waals surface area contributed by atoms with Gasteiger partial charge in [-0.25, -0.2) is 0 Å². The van der Waals surface area contributed by atoms with Gasteiger partial charge in [0, 0.05) is 18.2 Å². The zero-order valence-electron chi connectivity index (χ0n) is 19.5. The highest BCUT2D eigenvalue weighted by Crippen LogP contribution is 2.24. The summed E-state index contributed by atoms with van der Waals surface area (Å²) in [5.41, 5.74) is 1.12. The molecule has 9 heteroatoms. The van der Waals surface area contributed by atoms with E-state index in [4.69, 9.17) is 4.42 Å². The number of carbonyl (C=O) groups is 2. The van der Waals surface area contributed by atoms with Crippen LogP contribution in [0.25, 0.3) is 0 Å². The Bertz CT molecular complexity index is 854. The van der Waals surface area contributed by atoms with Crippen molar-refractivity contribution in [3.05, 3.63) is 41.8 Å². The SMILES string of the molecule is CN(C)CCSc1nnc(C(=O)C(CCc2ccccc2)NC(=O)C2CCCCCC2)o1.Cl. The molecule has 0 bridgehead atoms. The minimum Gasteiger partial charge on any atom is -0.408 e. The van der Waals surface area contributed by atoms with Gasteiger partial charge >= 0.3 is 0 Å². The first-order chi connectivity index (χ1) is 15.5. The van der Waals surface area contributed by atoms with Crippen LogP contribution in [0.3, 0.4) is 0 Å². The van der Waals surface area contributed by atoms with Crippen LogP contribution in [0.5, 0.6) is 0 Å². The largest absolute Gasteiger partial charge is 0.408 e. The number of nitrogens with zero attached hydrogens (tertiary/aromatic N) is 3. The van der Waals surface area contributed by atoms with Gasteiger partial charge in [-0.3, -0.25) is 9.59 Å². The molecule has 1 aliphatic rings. The molecule has 1 N–H and O–H groups in total. The Morgan fingerprint density at radius 3 is 2.48 bits per heavy atom. The number of nitrogens with one attached hydrogen (secondary N) is 1. The molecule has 1 atom stereocenters. The highest BCUT2D eigenvalue weighted by molar-refractivity contribution is 7.99. The Balaban J connectivity index is 0.00000385. The fourth-order valence-corrected chi connectivity index (χ4v) is 4.76. The molecule has 0 aliphatic heterocycles. The van der Waals surface area contributed by atoms with Crippen molar-refractivity contribution in [3.63, 3.8) is 0 Å². The molecule has 0 spiro atoms. The summed E-state index contributed by atoms with van der Waals surface area (Å²) in [5.74, 6) is 0.396. The molecule has 182 valence electrons. The van der Waals surface area contributed by atoms with Crippen molar-refractivity contribution in [2.75, 3.05) is 26.4 Å².